The van der Waals surface area contributed by atoms with Gasteiger partial charge in [0.05, 0.1) is 0 Å². The maximum absolute atomic E-state index is 3.56. The van der Waals surface area contributed by atoms with E-state index in [9.17, 15) is 0 Å². The number of fused-ring (bicyclic) bond motifs is 7. The molecule has 0 radical (unpaired) electrons. The van der Waals surface area contributed by atoms with Crippen LogP contribution in [0.1, 0.15) is 16.7 Å². The summed E-state index contributed by atoms with van der Waals surface area (Å²) in [6, 6.07) is 19.8. The van der Waals surface area contributed by atoms with Crippen LogP contribution in [0, 0.1) is 6.92 Å². The highest BCUT2D eigenvalue weighted by Crippen LogP contribution is 2.45. The quantitative estimate of drug-likeness (QED) is 0.397. The van der Waals surface area contributed by atoms with Gasteiger partial charge >= 0.3 is 0 Å². The Bertz CT molecular complexity index is 1020. The van der Waals surface area contributed by atoms with Crippen molar-refractivity contribution in [1.82, 2.24) is 4.98 Å². The van der Waals surface area contributed by atoms with Crippen molar-refractivity contribution >= 4 is 21.8 Å². The zero-order valence-electron chi connectivity index (χ0n) is 11.9. The SMILES string of the molecule is Cc1cccc2c1-c1c(ccc3[nH]c4ccccc4c13)C2. The smallest absolute Gasteiger partial charge is 0.0471 e. The summed E-state index contributed by atoms with van der Waals surface area (Å²) in [6.45, 7) is 2.22. The molecule has 1 aliphatic carbocycles. The largest absolute Gasteiger partial charge is 0.354 e. The van der Waals surface area contributed by atoms with Gasteiger partial charge in [-0.1, -0.05) is 42.5 Å². The van der Waals surface area contributed by atoms with Crippen LogP contribution in [0.2, 0.25) is 0 Å². The molecule has 0 aliphatic heterocycles. The second-order valence-corrected chi connectivity index (χ2v) is 5.98. The molecule has 1 heterocycles. The van der Waals surface area contributed by atoms with Crippen molar-refractivity contribution in [1.29, 1.82) is 0 Å². The first-order valence-corrected chi connectivity index (χ1v) is 7.44. The first kappa shape index (κ1) is 11.2. The molecule has 0 saturated heterocycles. The van der Waals surface area contributed by atoms with Crippen molar-refractivity contribution in [3.8, 4) is 11.1 Å². The Morgan fingerprint density at radius 1 is 0.762 bits per heavy atom. The number of hydrogen-bond donors (Lipinski definition) is 1. The fraction of sp³-hybridized carbons (Fsp3) is 0.100. The highest BCUT2D eigenvalue weighted by molar-refractivity contribution is 6.16. The third-order valence-corrected chi connectivity index (χ3v) is 4.75. The Morgan fingerprint density at radius 3 is 2.57 bits per heavy atom. The van der Waals surface area contributed by atoms with E-state index in [0.29, 0.717) is 0 Å². The monoisotopic (exact) mass is 269 g/mol. The van der Waals surface area contributed by atoms with Crippen LogP contribution < -0.4 is 0 Å². The van der Waals surface area contributed by atoms with Gasteiger partial charge < -0.3 is 4.98 Å². The van der Waals surface area contributed by atoms with Crippen LogP contribution in [-0.4, -0.2) is 4.98 Å². The molecular weight excluding hydrogens is 254 g/mol. The summed E-state index contributed by atoms with van der Waals surface area (Å²) in [6.07, 6.45) is 1.06. The number of rotatable bonds is 0. The Balaban J connectivity index is 2.04. The predicted molar refractivity (Wildman–Crippen MR) is 88.8 cm³/mol. The van der Waals surface area contributed by atoms with Crippen LogP contribution in [0.4, 0.5) is 0 Å². The summed E-state index contributed by atoms with van der Waals surface area (Å²) < 4.78 is 0. The minimum Gasteiger partial charge on any atom is -0.354 e. The van der Waals surface area contributed by atoms with Gasteiger partial charge in [-0.2, -0.15) is 0 Å². The maximum Gasteiger partial charge on any atom is 0.0471 e. The summed E-state index contributed by atoms with van der Waals surface area (Å²) in [4.78, 5) is 3.56. The molecule has 0 unspecified atom stereocenters. The van der Waals surface area contributed by atoms with Crippen molar-refractivity contribution in [2.24, 2.45) is 0 Å². The molecule has 0 saturated carbocycles. The van der Waals surface area contributed by atoms with Gasteiger partial charge in [-0.25, -0.2) is 0 Å². The summed E-state index contributed by atoms with van der Waals surface area (Å²) in [5.74, 6) is 0. The van der Waals surface area contributed by atoms with Crippen molar-refractivity contribution in [3.63, 3.8) is 0 Å². The van der Waals surface area contributed by atoms with Crippen molar-refractivity contribution in [3.05, 3.63) is 71.3 Å². The number of aromatic nitrogens is 1. The Morgan fingerprint density at radius 2 is 1.62 bits per heavy atom. The number of H-pyrrole nitrogens is 1. The van der Waals surface area contributed by atoms with E-state index in [2.05, 4.69) is 66.5 Å². The Labute approximate surface area is 123 Å². The van der Waals surface area contributed by atoms with Crippen molar-refractivity contribution in [2.45, 2.75) is 13.3 Å². The first-order valence-electron chi connectivity index (χ1n) is 7.44. The summed E-state index contributed by atoms with van der Waals surface area (Å²) in [7, 11) is 0. The van der Waals surface area contributed by atoms with Crippen LogP contribution >= 0.6 is 0 Å². The van der Waals surface area contributed by atoms with Crippen LogP contribution in [0.25, 0.3) is 32.9 Å². The van der Waals surface area contributed by atoms with Crippen molar-refractivity contribution in [2.75, 3.05) is 0 Å². The first-order chi connectivity index (χ1) is 10.3. The molecule has 5 rings (SSSR count). The van der Waals surface area contributed by atoms with E-state index in [1.807, 2.05) is 0 Å². The molecule has 0 fully saturated rings. The van der Waals surface area contributed by atoms with Gasteiger partial charge in [-0.05, 0) is 53.3 Å². The lowest BCUT2D eigenvalue weighted by Crippen LogP contribution is -1.83. The average Bonchev–Trinajstić information content (AvgIpc) is 3.04. The molecule has 1 aromatic heterocycles. The number of para-hydroxylation sites is 1. The third kappa shape index (κ3) is 1.36. The molecule has 0 bridgehead atoms. The van der Waals surface area contributed by atoms with Gasteiger partial charge in [-0.15, -0.1) is 0 Å². The molecule has 1 nitrogen and oxygen atoms in total. The molecule has 1 N–H and O–H groups in total. The van der Waals surface area contributed by atoms with E-state index >= 15 is 0 Å². The van der Waals surface area contributed by atoms with Gasteiger partial charge in [0.1, 0.15) is 0 Å². The number of nitrogens with one attached hydrogen (secondary N) is 1. The minimum absolute atomic E-state index is 1.06. The fourth-order valence-electron chi connectivity index (χ4n) is 3.86. The van der Waals surface area contributed by atoms with Crippen LogP contribution in [0.3, 0.4) is 0 Å². The molecular formula is C20H15N. The summed E-state index contributed by atoms with van der Waals surface area (Å²) >= 11 is 0. The van der Waals surface area contributed by atoms with Gasteiger partial charge in [0.15, 0.2) is 0 Å². The lowest BCUT2D eigenvalue weighted by molar-refractivity contribution is 1.26. The lowest BCUT2D eigenvalue weighted by Gasteiger charge is -2.07. The predicted octanol–water partition coefficient (Wildman–Crippen LogP) is 5.20. The number of aryl methyl sites for hydroxylation is 1. The van der Waals surface area contributed by atoms with Crippen LogP contribution in [0.5, 0.6) is 0 Å². The molecule has 1 heteroatoms. The van der Waals surface area contributed by atoms with E-state index in [1.54, 1.807) is 0 Å². The number of aromatic amines is 1. The molecule has 100 valence electrons. The van der Waals surface area contributed by atoms with E-state index in [1.165, 1.54) is 49.6 Å². The lowest BCUT2D eigenvalue weighted by atomic mass is 9.96. The zero-order valence-corrected chi connectivity index (χ0v) is 11.9. The van der Waals surface area contributed by atoms with E-state index in [-0.39, 0.29) is 0 Å². The van der Waals surface area contributed by atoms with E-state index < -0.39 is 0 Å². The third-order valence-electron chi connectivity index (χ3n) is 4.75. The molecule has 4 aromatic rings. The molecule has 21 heavy (non-hydrogen) atoms. The van der Waals surface area contributed by atoms with Crippen LogP contribution in [0.15, 0.2) is 54.6 Å². The molecule has 1 aliphatic rings. The molecule has 3 aromatic carbocycles. The average molecular weight is 269 g/mol. The normalized spacial score (nSPS) is 12.8. The standard InChI is InChI=1S/C20H15N/c1-12-5-4-6-13-11-14-9-10-17-20(19(14)18(12)13)15-7-2-3-8-16(15)21-17/h2-10,21H,11H2,1H3. The van der Waals surface area contributed by atoms with Gasteiger partial charge in [-0.3, -0.25) is 0 Å². The maximum atomic E-state index is 3.56. The minimum atomic E-state index is 1.06. The van der Waals surface area contributed by atoms with E-state index in [4.69, 9.17) is 0 Å². The number of benzene rings is 3. The second-order valence-electron chi connectivity index (χ2n) is 5.98. The second kappa shape index (κ2) is 3.76. The number of hydrogen-bond acceptors (Lipinski definition) is 0. The molecule has 0 spiro atoms. The van der Waals surface area contributed by atoms with E-state index in [0.717, 1.165) is 6.42 Å². The van der Waals surface area contributed by atoms with Gasteiger partial charge in [0.2, 0.25) is 0 Å². The summed E-state index contributed by atoms with van der Waals surface area (Å²) in [5, 5.41) is 2.72. The highest BCUT2D eigenvalue weighted by Gasteiger charge is 2.23. The Kier molecular flexibility index (Phi) is 2.00. The summed E-state index contributed by atoms with van der Waals surface area (Å²) in [5.41, 5.74) is 9.65. The highest BCUT2D eigenvalue weighted by atomic mass is 14.7. The zero-order chi connectivity index (χ0) is 14.0. The fourth-order valence-corrected chi connectivity index (χ4v) is 3.86. The molecule has 0 amide bonds. The van der Waals surface area contributed by atoms with Gasteiger partial charge in [0.25, 0.3) is 0 Å². The van der Waals surface area contributed by atoms with Crippen molar-refractivity contribution < 1.29 is 0 Å². The Hall–Kier alpha value is -2.54. The van der Waals surface area contributed by atoms with Gasteiger partial charge in [0, 0.05) is 21.8 Å². The topological polar surface area (TPSA) is 15.8 Å². The van der Waals surface area contributed by atoms with Crippen LogP contribution in [-0.2, 0) is 6.42 Å². The molecule has 0 atom stereocenters.